The summed E-state index contributed by atoms with van der Waals surface area (Å²) in [6, 6.07) is 19.4. The number of nitrogens with one attached hydrogen (secondary N) is 1. The van der Waals surface area contributed by atoms with Gasteiger partial charge in [0.05, 0.1) is 10.6 Å². The van der Waals surface area contributed by atoms with Gasteiger partial charge < -0.3 is 10.2 Å². The van der Waals surface area contributed by atoms with Crippen LogP contribution in [0.5, 0.6) is 0 Å². The van der Waals surface area contributed by atoms with Gasteiger partial charge in [0.25, 0.3) is 10.0 Å². The van der Waals surface area contributed by atoms with Gasteiger partial charge in [-0.25, -0.2) is 12.8 Å². The van der Waals surface area contributed by atoms with E-state index >= 15 is 0 Å². The van der Waals surface area contributed by atoms with E-state index < -0.39 is 34.3 Å². The monoisotopic (exact) mass is 511 g/mol. The molecule has 2 amide bonds. The van der Waals surface area contributed by atoms with E-state index in [-0.39, 0.29) is 23.0 Å². The van der Waals surface area contributed by atoms with E-state index in [2.05, 4.69) is 5.32 Å². The third-order valence-electron chi connectivity index (χ3n) is 5.72. The van der Waals surface area contributed by atoms with E-state index in [0.717, 1.165) is 27.6 Å². The summed E-state index contributed by atoms with van der Waals surface area (Å²) in [5.41, 5.74) is 1.80. The first-order chi connectivity index (χ1) is 17.1. The Labute approximate surface area is 211 Å². The highest BCUT2D eigenvalue weighted by atomic mass is 32.2. The van der Waals surface area contributed by atoms with Crippen LogP contribution in [-0.4, -0.2) is 44.3 Å². The number of carbonyl (C=O) groups excluding carboxylic acids is 2. The van der Waals surface area contributed by atoms with Gasteiger partial charge in [-0.15, -0.1) is 0 Å². The summed E-state index contributed by atoms with van der Waals surface area (Å²) in [6.07, 6.45) is 0. The Balaban J connectivity index is 2.01. The van der Waals surface area contributed by atoms with E-state index in [1.807, 2.05) is 37.3 Å². The summed E-state index contributed by atoms with van der Waals surface area (Å²) >= 11 is 0. The molecule has 0 fully saturated rings. The van der Waals surface area contributed by atoms with Crippen LogP contribution >= 0.6 is 0 Å². The first kappa shape index (κ1) is 26.9. The maximum absolute atomic E-state index is 13.6. The van der Waals surface area contributed by atoms with Crippen LogP contribution < -0.4 is 9.62 Å². The Morgan fingerprint density at radius 2 is 1.56 bits per heavy atom. The summed E-state index contributed by atoms with van der Waals surface area (Å²) in [5.74, 6) is -1.46. The van der Waals surface area contributed by atoms with Crippen molar-refractivity contribution in [2.24, 2.45) is 0 Å². The van der Waals surface area contributed by atoms with Gasteiger partial charge in [-0.05, 0) is 62.7 Å². The summed E-state index contributed by atoms with van der Waals surface area (Å²) in [5, 5.41) is 2.71. The molecule has 1 unspecified atom stereocenters. The molecule has 0 radical (unpaired) electrons. The molecule has 1 N–H and O–H groups in total. The number of halogens is 1. The van der Waals surface area contributed by atoms with Crippen LogP contribution in [0.1, 0.15) is 25.0 Å². The molecule has 0 aliphatic rings. The molecular weight excluding hydrogens is 481 g/mol. The van der Waals surface area contributed by atoms with Crippen molar-refractivity contribution in [2.75, 3.05) is 17.4 Å². The van der Waals surface area contributed by atoms with Gasteiger partial charge >= 0.3 is 0 Å². The molecule has 0 saturated carbocycles. The third kappa shape index (κ3) is 6.48. The number of sulfonamides is 1. The Bertz CT molecular complexity index is 1280. The second-order valence-electron chi connectivity index (χ2n) is 8.38. The van der Waals surface area contributed by atoms with Crippen molar-refractivity contribution in [3.05, 3.63) is 95.8 Å². The van der Waals surface area contributed by atoms with Gasteiger partial charge in [-0.2, -0.15) is 0 Å². The van der Waals surface area contributed by atoms with Crippen LogP contribution in [0.25, 0.3) is 0 Å². The van der Waals surface area contributed by atoms with E-state index in [1.54, 1.807) is 26.0 Å². The topological polar surface area (TPSA) is 86.8 Å². The van der Waals surface area contributed by atoms with Crippen molar-refractivity contribution in [1.82, 2.24) is 10.2 Å². The molecular formula is C27H30FN3O4S. The first-order valence-corrected chi connectivity index (χ1v) is 13.0. The first-order valence-electron chi connectivity index (χ1n) is 11.6. The van der Waals surface area contributed by atoms with Crippen LogP contribution in [-0.2, 0) is 26.2 Å². The molecule has 36 heavy (non-hydrogen) atoms. The maximum atomic E-state index is 13.6. The molecule has 9 heteroatoms. The number of nitrogens with zero attached hydrogens (tertiary/aromatic N) is 2. The fraction of sp³-hybridized carbons (Fsp3) is 0.259. The zero-order valence-corrected chi connectivity index (χ0v) is 21.3. The van der Waals surface area contributed by atoms with E-state index in [9.17, 15) is 22.4 Å². The van der Waals surface area contributed by atoms with Crippen molar-refractivity contribution in [2.45, 2.75) is 38.3 Å². The second kappa shape index (κ2) is 11.8. The maximum Gasteiger partial charge on any atom is 0.264 e. The highest BCUT2D eigenvalue weighted by molar-refractivity contribution is 7.92. The molecule has 190 valence electrons. The molecule has 0 aromatic heterocycles. The Kier molecular flexibility index (Phi) is 8.82. The van der Waals surface area contributed by atoms with Crippen LogP contribution in [0, 0.1) is 12.7 Å². The van der Waals surface area contributed by atoms with Crippen LogP contribution in [0.3, 0.4) is 0 Å². The summed E-state index contributed by atoms with van der Waals surface area (Å²) in [6.45, 7) is 5.14. The number of aryl methyl sites for hydroxylation is 1. The molecule has 0 spiro atoms. The van der Waals surface area contributed by atoms with Gasteiger partial charge in [0.1, 0.15) is 18.4 Å². The van der Waals surface area contributed by atoms with E-state index in [1.165, 1.54) is 29.2 Å². The highest BCUT2D eigenvalue weighted by Crippen LogP contribution is 2.25. The Morgan fingerprint density at radius 1 is 0.944 bits per heavy atom. The van der Waals surface area contributed by atoms with E-state index in [0.29, 0.717) is 6.54 Å². The van der Waals surface area contributed by atoms with Crippen LogP contribution in [0.4, 0.5) is 10.1 Å². The SMILES string of the molecule is CCNC(=O)C(C)N(Cc1ccccc1)C(=O)CN(c1ccc(F)cc1)S(=O)(=O)c1ccc(C)cc1. The molecule has 7 nitrogen and oxygen atoms in total. The fourth-order valence-corrected chi connectivity index (χ4v) is 5.07. The van der Waals surface area contributed by atoms with Gasteiger partial charge in [0.15, 0.2) is 0 Å². The predicted octanol–water partition coefficient (Wildman–Crippen LogP) is 3.88. The molecule has 0 saturated heterocycles. The number of benzene rings is 3. The summed E-state index contributed by atoms with van der Waals surface area (Å²) in [7, 11) is -4.18. The van der Waals surface area contributed by atoms with Gasteiger partial charge in [0.2, 0.25) is 11.8 Å². The smallest absolute Gasteiger partial charge is 0.264 e. The zero-order valence-electron chi connectivity index (χ0n) is 20.5. The van der Waals surface area contributed by atoms with Crippen molar-refractivity contribution in [3.8, 4) is 0 Å². The zero-order chi connectivity index (χ0) is 26.3. The minimum Gasteiger partial charge on any atom is -0.355 e. The van der Waals surface area contributed by atoms with Crippen molar-refractivity contribution < 1.29 is 22.4 Å². The Morgan fingerprint density at radius 3 is 2.14 bits per heavy atom. The number of hydrogen-bond donors (Lipinski definition) is 1. The largest absolute Gasteiger partial charge is 0.355 e. The molecule has 0 aliphatic heterocycles. The number of rotatable bonds is 10. The lowest BCUT2D eigenvalue weighted by atomic mass is 10.1. The van der Waals surface area contributed by atoms with Crippen molar-refractivity contribution in [3.63, 3.8) is 0 Å². The molecule has 0 heterocycles. The lowest BCUT2D eigenvalue weighted by Gasteiger charge is -2.32. The number of amides is 2. The standard InChI is InChI=1S/C27H30FN3O4S/c1-4-29-27(33)21(3)30(18-22-8-6-5-7-9-22)26(32)19-31(24-14-12-23(28)13-15-24)36(34,35)25-16-10-20(2)11-17-25/h5-17,21H,4,18-19H2,1-3H3,(H,29,33). The highest BCUT2D eigenvalue weighted by Gasteiger charge is 2.32. The lowest BCUT2D eigenvalue weighted by molar-refractivity contribution is -0.139. The number of carbonyl (C=O) groups is 2. The summed E-state index contributed by atoms with van der Waals surface area (Å²) in [4.78, 5) is 27.6. The average molecular weight is 512 g/mol. The number of hydrogen-bond acceptors (Lipinski definition) is 4. The van der Waals surface area contributed by atoms with Gasteiger partial charge in [-0.3, -0.25) is 13.9 Å². The quantitative estimate of drug-likeness (QED) is 0.448. The minimum absolute atomic E-state index is 0.00314. The Hall–Kier alpha value is -3.72. The lowest BCUT2D eigenvalue weighted by Crippen LogP contribution is -2.51. The van der Waals surface area contributed by atoms with E-state index in [4.69, 9.17) is 0 Å². The molecule has 3 aromatic carbocycles. The van der Waals surface area contributed by atoms with Gasteiger partial charge in [-0.1, -0.05) is 48.0 Å². The fourth-order valence-electron chi connectivity index (χ4n) is 3.66. The molecule has 0 aliphatic carbocycles. The molecule has 3 rings (SSSR count). The molecule has 1 atom stereocenters. The van der Waals surface area contributed by atoms with Crippen molar-refractivity contribution >= 4 is 27.5 Å². The second-order valence-corrected chi connectivity index (χ2v) is 10.2. The van der Waals surface area contributed by atoms with Crippen LogP contribution in [0.2, 0.25) is 0 Å². The predicted molar refractivity (Wildman–Crippen MR) is 137 cm³/mol. The molecule has 0 bridgehead atoms. The van der Waals surface area contributed by atoms with Gasteiger partial charge in [0, 0.05) is 13.1 Å². The number of likely N-dealkylation sites (N-methyl/N-ethyl adjacent to an activating group) is 1. The summed E-state index contributed by atoms with van der Waals surface area (Å²) < 4.78 is 41.8. The molecule has 3 aromatic rings. The minimum atomic E-state index is -4.18. The normalized spacial score (nSPS) is 12.0. The third-order valence-corrected chi connectivity index (χ3v) is 7.50. The number of anilines is 1. The average Bonchev–Trinajstić information content (AvgIpc) is 2.87. The van der Waals surface area contributed by atoms with Crippen LogP contribution in [0.15, 0.2) is 83.8 Å². The van der Waals surface area contributed by atoms with Crippen molar-refractivity contribution in [1.29, 1.82) is 0 Å².